The smallest absolute Gasteiger partial charge is 0.328 e. The van der Waals surface area contributed by atoms with Crippen LogP contribution in [0.3, 0.4) is 0 Å². The molecular weight excluding hydrogens is 482 g/mol. The van der Waals surface area contributed by atoms with E-state index in [0.29, 0.717) is 24.4 Å². The number of anilines is 1. The monoisotopic (exact) mass is 511 g/mol. The number of ether oxygens (including phenoxy) is 1. The van der Waals surface area contributed by atoms with E-state index in [4.69, 9.17) is 9.68 Å². The van der Waals surface area contributed by atoms with Crippen molar-refractivity contribution in [3.63, 3.8) is 0 Å². The molecule has 0 spiro atoms. The molecule has 0 radical (unpaired) electrons. The molecule has 0 bridgehead atoms. The first-order valence-corrected chi connectivity index (χ1v) is 12.2. The number of furan rings is 1. The third-order valence-corrected chi connectivity index (χ3v) is 6.22. The van der Waals surface area contributed by atoms with Crippen LogP contribution in [0.5, 0.6) is 0 Å². The van der Waals surface area contributed by atoms with Crippen LogP contribution in [0.15, 0.2) is 77.6 Å². The summed E-state index contributed by atoms with van der Waals surface area (Å²) in [5.41, 5.74) is 4.68. The van der Waals surface area contributed by atoms with Gasteiger partial charge in [0.1, 0.15) is 11.8 Å². The first-order chi connectivity index (χ1) is 18.4. The largest absolute Gasteiger partial charge is 0.467 e. The Bertz CT molecular complexity index is 1430. The Balaban J connectivity index is 1.42. The molecule has 4 aromatic rings. The van der Waals surface area contributed by atoms with Gasteiger partial charge in [-0.25, -0.2) is 9.78 Å². The van der Waals surface area contributed by atoms with Gasteiger partial charge < -0.3 is 23.9 Å². The Kier molecular flexibility index (Phi) is 8.23. The molecule has 1 amide bonds. The zero-order valence-electron chi connectivity index (χ0n) is 21.5. The number of methoxy groups -OCH3 is 1. The maximum Gasteiger partial charge on any atom is 0.328 e. The van der Waals surface area contributed by atoms with E-state index in [-0.39, 0.29) is 5.76 Å². The van der Waals surface area contributed by atoms with E-state index in [1.54, 1.807) is 19.1 Å². The second kappa shape index (κ2) is 11.9. The average molecular weight is 512 g/mol. The van der Waals surface area contributed by atoms with Gasteiger partial charge in [-0.2, -0.15) is 5.26 Å². The van der Waals surface area contributed by atoms with E-state index in [0.717, 1.165) is 29.1 Å². The summed E-state index contributed by atoms with van der Waals surface area (Å²) in [5, 5.41) is 11.6. The van der Waals surface area contributed by atoms with Gasteiger partial charge in [-0.05, 0) is 67.9 Å². The molecule has 9 heteroatoms. The molecule has 0 fully saturated rings. The van der Waals surface area contributed by atoms with Crippen molar-refractivity contribution in [2.24, 2.45) is 0 Å². The molecule has 0 saturated carbocycles. The fourth-order valence-electron chi connectivity index (χ4n) is 4.04. The van der Waals surface area contributed by atoms with Crippen molar-refractivity contribution < 1.29 is 18.7 Å². The van der Waals surface area contributed by atoms with Crippen LogP contribution in [0, 0.1) is 11.3 Å². The first-order valence-electron chi connectivity index (χ1n) is 12.2. The van der Waals surface area contributed by atoms with Crippen LogP contribution in [-0.2, 0) is 22.6 Å². The van der Waals surface area contributed by atoms with Crippen molar-refractivity contribution in [3.8, 4) is 17.4 Å². The number of aromatic nitrogens is 2. The predicted molar refractivity (Wildman–Crippen MR) is 142 cm³/mol. The summed E-state index contributed by atoms with van der Waals surface area (Å²) in [7, 11) is 1.27. The van der Waals surface area contributed by atoms with E-state index >= 15 is 0 Å². The molecule has 194 valence electrons. The quantitative estimate of drug-likeness (QED) is 0.314. The van der Waals surface area contributed by atoms with Crippen LogP contribution >= 0.6 is 0 Å². The van der Waals surface area contributed by atoms with Gasteiger partial charge in [-0.15, -0.1) is 0 Å². The number of nitrogens with one attached hydrogen (secondary N) is 1. The number of carbonyl (C=O) groups excluding carboxylic acids is 2. The maximum atomic E-state index is 12.4. The minimum absolute atomic E-state index is 0.116. The number of imidazole rings is 1. The fourth-order valence-corrected chi connectivity index (χ4v) is 4.04. The highest BCUT2D eigenvalue weighted by molar-refractivity contribution is 5.94. The summed E-state index contributed by atoms with van der Waals surface area (Å²) in [6.07, 6.45) is 3.69. The van der Waals surface area contributed by atoms with Crippen LogP contribution in [0.4, 0.5) is 5.69 Å². The average Bonchev–Trinajstić information content (AvgIpc) is 3.62. The lowest BCUT2D eigenvalue weighted by atomic mass is 10.1. The van der Waals surface area contributed by atoms with Crippen LogP contribution in [0.2, 0.25) is 0 Å². The molecule has 0 aliphatic carbocycles. The third-order valence-electron chi connectivity index (χ3n) is 6.22. The molecule has 38 heavy (non-hydrogen) atoms. The summed E-state index contributed by atoms with van der Waals surface area (Å²) >= 11 is 0. The van der Waals surface area contributed by atoms with Gasteiger partial charge in [0.15, 0.2) is 5.76 Å². The highest BCUT2D eigenvalue weighted by Gasteiger charge is 2.19. The molecular formula is C29H29N5O4. The summed E-state index contributed by atoms with van der Waals surface area (Å²) in [4.78, 5) is 30.5. The van der Waals surface area contributed by atoms with Crippen molar-refractivity contribution >= 4 is 17.6 Å². The minimum Gasteiger partial charge on any atom is -0.467 e. The lowest BCUT2D eigenvalue weighted by molar-refractivity contribution is -0.142. The number of esters is 1. The predicted octanol–water partition coefficient (Wildman–Crippen LogP) is 4.38. The Hall–Kier alpha value is -4.84. The summed E-state index contributed by atoms with van der Waals surface area (Å²) in [5.74, 6) is -0.347. The van der Waals surface area contributed by atoms with Crippen molar-refractivity contribution in [2.45, 2.75) is 33.0 Å². The summed E-state index contributed by atoms with van der Waals surface area (Å²) < 4.78 is 12.5. The number of carbonyl (C=O) groups is 2. The molecule has 0 unspecified atom stereocenters. The number of nitrogens with zero attached hydrogens (tertiary/aromatic N) is 4. The normalized spacial score (nSPS) is 11.4. The molecule has 2 aromatic heterocycles. The van der Waals surface area contributed by atoms with Crippen LogP contribution < -0.4 is 10.2 Å². The minimum atomic E-state index is -0.777. The van der Waals surface area contributed by atoms with Gasteiger partial charge in [0, 0.05) is 30.5 Å². The molecule has 2 heterocycles. The number of hydrogen-bond donors (Lipinski definition) is 1. The first kappa shape index (κ1) is 26.2. The highest BCUT2D eigenvalue weighted by atomic mass is 16.5. The van der Waals surface area contributed by atoms with E-state index < -0.39 is 17.9 Å². The van der Waals surface area contributed by atoms with Gasteiger partial charge in [-0.3, -0.25) is 4.79 Å². The van der Waals surface area contributed by atoms with Gasteiger partial charge >= 0.3 is 5.97 Å². The van der Waals surface area contributed by atoms with Crippen molar-refractivity contribution in [1.82, 2.24) is 14.9 Å². The molecule has 1 N–H and O–H groups in total. The van der Waals surface area contributed by atoms with Crippen LogP contribution in [-0.4, -0.2) is 41.1 Å². The topological polar surface area (TPSA) is 113 Å². The lowest BCUT2D eigenvalue weighted by Gasteiger charge is -2.24. The van der Waals surface area contributed by atoms with Crippen molar-refractivity contribution in [1.29, 1.82) is 5.26 Å². The van der Waals surface area contributed by atoms with Crippen molar-refractivity contribution in [2.75, 3.05) is 18.6 Å². The highest BCUT2D eigenvalue weighted by Crippen LogP contribution is 2.26. The number of rotatable bonds is 10. The fraction of sp³-hybridized carbons (Fsp3) is 0.241. The second-order valence-electron chi connectivity index (χ2n) is 8.76. The van der Waals surface area contributed by atoms with E-state index in [9.17, 15) is 9.59 Å². The molecule has 2 aromatic carbocycles. The Labute approximate surface area is 221 Å². The molecule has 0 aliphatic heterocycles. The van der Waals surface area contributed by atoms with Gasteiger partial charge in [-0.1, -0.05) is 12.1 Å². The SMILES string of the molecule is CCN(Cc1cncn1Cc1ccc(C#N)cc1)c1ccc(-c2ccc(C(=O)N[C@@H](C)C(=O)OC)o2)cc1. The standard InChI is InChI=1S/C29H29N5O4/c1-4-33(18-25-16-31-19-34(25)17-22-7-5-21(15-30)6-8-22)24-11-9-23(10-12-24)26-13-14-27(38-26)28(35)32-20(2)29(36)37-3/h5-14,16,19-20H,4,17-18H2,1-3H3,(H,32,35)/t20-/m0/s1. The molecule has 4 rings (SSSR count). The lowest BCUT2D eigenvalue weighted by Crippen LogP contribution is -2.38. The number of benzene rings is 2. The third kappa shape index (κ3) is 6.10. The molecule has 0 saturated heterocycles. The van der Waals surface area contributed by atoms with E-state index in [2.05, 4.69) is 37.5 Å². The zero-order chi connectivity index (χ0) is 27.1. The van der Waals surface area contributed by atoms with E-state index in [1.807, 2.05) is 61.1 Å². The Morgan fingerprint density at radius 2 is 1.87 bits per heavy atom. The van der Waals surface area contributed by atoms with Gasteiger partial charge in [0.05, 0.1) is 37.3 Å². The zero-order valence-corrected chi connectivity index (χ0v) is 21.5. The molecule has 9 nitrogen and oxygen atoms in total. The van der Waals surface area contributed by atoms with Gasteiger partial charge in [0.25, 0.3) is 5.91 Å². The number of nitriles is 1. The molecule has 0 aliphatic rings. The van der Waals surface area contributed by atoms with Gasteiger partial charge in [0.2, 0.25) is 0 Å². The van der Waals surface area contributed by atoms with Crippen molar-refractivity contribution in [3.05, 3.63) is 95.8 Å². The van der Waals surface area contributed by atoms with Crippen LogP contribution in [0.1, 0.15) is 41.2 Å². The second-order valence-corrected chi connectivity index (χ2v) is 8.76. The summed E-state index contributed by atoms with van der Waals surface area (Å²) in [6, 6.07) is 20.2. The Morgan fingerprint density at radius 1 is 1.13 bits per heavy atom. The Morgan fingerprint density at radius 3 is 2.53 bits per heavy atom. The number of hydrogen-bond acceptors (Lipinski definition) is 7. The maximum absolute atomic E-state index is 12.4. The van der Waals surface area contributed by atoms with E-state index in [1.165, 1.54) is 7.11 Å². The van der Waals surface area contributed by atoms with Crippen LogP contribution in [0.25, 0.3) is 11.3 Å². The molecule has 1 atom stereocenters. The summed E-state index contributed by atoms with van der Waals surface area (Å²) in [6.45, 7) is 5.79. The number of amides is 1.